The van der Waals surface area contributed by atoms with Crippen LogP contribution in [0.1, 0.15) is 37.0 Å². The van der Waals surface area contributed by atoms with Crippen LogP contribution in [-0.2, 0) is 0 Å². The molecule has 0 aromatic heterocycles. The zero-order valence-electron chi connectivity index (χ0n) is 10.8. The Morgan fingerprint density at radius 1 is 1.26 bits per heavy atom. The van der Waals surface area contributed by atoms with E-state index in [1.807, 2.05) is 0 Å². The first-order chi connectivity index (χ1) is 8.89. The Morgan fingerprint density at radius 2 is 1.74 bits per heavy atom. The van der Waals surface area contributed by atoms with Gasteiger partial charge in [0.15, 0.2) is 0 Å². The Morgan fingerprint density at radius 3 is 2.05 bits per heavy atom. The third-order valence-corrected chi connectivity index (χ3v) is 3.34. The molecule has 4 nitrogen and oxygen atoms in total. The third-order valence-electron chi connectivity index (χ3n) is 3.34. The summed E-state index contributed by atoms with van der Waals surface area (Å²) in [6.45, 7) is 3.29. The van der Waals surface area contributed by atoms with Crippen LogP contribution >= 0.6 is 0 Å². The molecule has 0 atom stereocenters. The molecular weight excluding hydrogens is 256 g/mol. The Kier molecular flexibility index (Phi) is 4.83. The Hall–Kier alpha value is -1.69. The molecule has 0 saturated carbocycles. The van der Waals surface area contributed by atoms with Gasteiger partial charge in [-0.05, 0) is 25.0 Å². The highest BCUT2D eigenvalue weighted by Crippen LogP contribution is 2.27. The molecule has 0 spiro atoms. The zero-order chi connectivity index (χ0) is 14.6. The topological polar surface area (TPSA) is 69.6 Å². The van der Waals surface area contributed by atoms with Gasteiger partial charge < -0.3 is 15.5 Å². The van der Waals surface area contributed by atoms with E-state index < -0.39 is 34.4 Å². The lowest BCUT2D eigenvalue weighted by Crippen LogP contribution is -2.41. The first-order valence-electron chi connectivity index (χ1n) is 6.00. The van der Waals surface area contributed by atoms with Gasteiger partial charge in [0.05, 0.1) is 17.7 Å². The van der Waals surface area contributed by atoms with Crippen LogP contribution in [0.15, 0.2) is 12.1 Å². The van der Waals surface area contributed by atoms with E-state index in [0.29, 0.717) is 12.8 Å². The molecule has 1 aromatic carbocycles. The predicted molar refractivity (Wildman–Crippen MR) is 67.3 cm³/mol. The molecule has 0 amide bonds. The highest BCUT2D eigenvalue weighted by Gasteiger charge is 2.28. The van der Waals surface area contributed by atoms with Gasteiger partial charge in [0, 0.05) is 0 Å². The molecule has 0 aliphatic heterocycles. The maximum absolute atomic E-state index is 13.8. The molecule has 0 aliphatic carbocycles. The summed E-state index contributed by atoms with van der Waals surface area (Å²) in [6, 6.07) is 1.50. The van der Waals surface area contributed by atoms with Crippen LogP contribution in [0, 0.1) is 11.6 Å². The van der Waals surface area contributed by atoms with Gasteiger partial charge in [0.25, 0.3) is 0 Å². The maximum Gasteiger partial charge on any atom is 0.335 e. The van der Waals surface area contributed by atoms with Crippen molar-refractivity contribution in [3.05, 3.63) is 29.3 Å². The molecule has 6 heteroatoms. The summed E-state index contributed by atoms with van der Waals surface area (Å²) in [5.74, 6) is -3.38. The molecule has 0 unspecified atom stereocenters. The quantitative estimate of drug-likeness (QED) is 0.745. The molecule has 0 heterocycles. The van der Waals surface area contributed by atoms with E-state index in [0.717, 1.165) is 12.1 Å². The average molecular weight is 273 g/mol. The minimum Gasteiger partial charge on any atom is -0.478 e. The van der Waals surface area contributed by atoms with Gasteiger partial charge in [-0.25, -0.2) is 13.6 Å². The number of benzene rings is 1. The summed E-state index contributed by atoms with van der Waals surface area (Å²) in [4.78, 5) is 10.7. The molecule has 0 aliphatic rings. The van der Waals surface area contributed by atoms with E-state index in [2.05, 4.69) is 5.32 Å². The first-order valence-corrected chi connectivity index (χ1v) is 6.00. The number of anilines is 1. The average Bonchev–Trinajstić information content (AvgIpc) is 2.39. The smallest absolute Gasteiger partial charge is 0.335 e. The number of halogens is 2. The normalized spacial score (nSPS) is 11.4. The number of aliphatic hydroxyl groups excluding tert-OH is 1. The number of nitrogens with one attached hydrogen (secondary N) is 1. The molecular formula is C13H17F2NO3. The number of carbonyl (C=O) groups is 1. The fourth-order valence-corrected chi connectivity index (χ4v) is 1.77. The van der Waals surface area contributed by atoms with Crippen molar-refractivity contribution in [1.82, 2.24) is 0 Å². The van der Waals surface area contributed by atoms with Crippen LogP contribution in [0.4, 0.5) is 14.5 Å². The summed E-state index contributed by atoms with van der Waals surface area (Å²) in [6.07, 6.45) is 0.944. The van der Waals surface area contributed by atoms with Crippen LogP contribution in [0.3, 0.4) is 0 Å². The van der Waals surface area contributed by atoms with Crippen molar-refractivity contribution < 1.29 is 23.8 Å². The van der Waals surface area contributed by atoms with Gasteiger partial charge in [0.1, 0.15) is 17.3 Å². The predicted octanol–water partition coefficient (Wildman–Crippen LogP) is 2.63. The fourth-order valence-electron chi connectivity index (χ4n) is 1.77. The highest BCUT2D eigenvalue weighted by atomic mass is 19.1. The lowest BCUT2D eigenvalue weighted by molar-refractivity contribution is 0.0695. The molecule has 0 bridgehead atoms. The number of rotatable bonds is 6. The molecule has 106 valence electrons. The van der Waals surface area contributed by atoms with E-state index in [-0.39, 0.29) is 6.61 Å². The minimum atomic E-state index is -1.40. The van der Waals surface area contributed by atoms with Crippen molar-refractivity contribution >= 4 is 11.7 Å². The van der Waals surface area contributed by atoms with Gasteiger partial charge in [-0.1, -0.05) is 13.8 Å². The van der Waals surface area contributed by atoms with Crippen LogP contribution < -0.4 is 5.32 Å². The first kappa shape index (κ1) is 15.4. The largest absolute Gasteiger partial charge is 0.478 e. The summed E-state index contributed by atoms with van der Waals surface area (Å²) in [7, 11) is 0. The summed E-state index contributed by atoms with van der Waals surface area (Å²) < 4.78 is 27.5. The molecule has 0 fully saturated rings. The summed E-state index contributed by atoms with van der Waals surface area (Å²) in [5, 5.41) is 20.7. The van der Waals surface area contributed by atoms with Crippen molar-refractivity contribution in [3.63, 3.8) is 0 Å². The Labute approximate surface area is 110 Å². The molecule has 1 rings (SSSR count). The second kappa shape index (κ2) is 5.97. The SMILES string of the molecule is CCC(CC)(CO)Nc1c(F)cc(C(=O)O)cc1F. The molecule has 3 N–H and O–H groups in total. The van der Waals surface area contributed by atoms with Crippen LogP contribution in [0.25, 0.3) is 0 Å². The van der Waals surface area contributed by atoms with E-state index >= 15 is 0 Å². The van der Waals surface area contributed by atoms with Crippen molar-refractivity contribution in [2.75, 3.05) is 11.9 Å². The zero-order valence-corrected chi connectivity index (χ0v) is 10.8. The van der Waals surface area contributed by atoms with E-state index in [9.17, 15) is 18.7 Å². The molecule has 0 saturated heterocycles. The van der Waals surface area contributed by atoms with Gasteiger partial charge in [-0.2, -0.15) is 0 Å². The Bertz CT molecular complexity index is 442. The van der Waals surface area contributed by atoms with Crippen LogP contribution in [0.5, 0.6) is 0 Å². The monoisotopic (exact) mass is 273 g/mol. The second-order valence-corrected chi connectivity index (χ2v) is 4.39. The van der Waals surface area contributed by atoms with E-state index in [1.54, 1.807) is 13.8 Å². The van der Waals surface area contributed by atoms with Crippen LogP contribution in [-0.4, -0.2) is 28.3 Å². The van der Waals surface area contributed by atoms with Crippen LogP contribution in [0.2, 0.25) is 0 Å². The third kappa shape index (κ3) is 3.20. The van der Waals surface area contributed by atoms with Gasteiger partial charge in [0.2, 0.25) is 0 Å². The van der Waals surface area contributed by atoms with Crippen molar-refractivity contribution in [3.8, 4) is 0 Å². The lowest BCUT2D eigenvalue weighted by Gasteiger charge is -2.32. The summed E-state index contributed by atoms with van der Waals surface area (Å²) >= 11 is 0. The van der Waals surface area contributed by atoms with Gasteiger partial charge >= 0.3 is 5.97 Å². The van der Waals surface area contributed by atoms with Gasteiger partial charge in [-0.15, -0.1) is 0 Å². The molecule has 19 heavy (non-hydrogen) atoms. The number of aliphatic hydroxyl groups is 1. The van der Waals surface area contributed by atoms with Crippen molar-refractivity contribution in [2.45, 2.75) is 32.2 Å². The minimum absolute atomic E-state index is 0.278. The second-order valence-electron chi connectivity index (χ2n) is 4.39. The number of hydrogen-bond acceptors (Lipinski definition) is 3. The number of carboxylic acids is 1. The maximum atomic E-state index is 13.8. The van der Waals surface area contributed by atoms with Gasteiger partial charge in [-0.3, -0.25) is 0 Å². The standard InChI is InChI=1S/C13H17F2NO3/c1-3-13(4-2,7-17)16-11-9(14)5-8(12(18)19)6-10(11)15/h5-6,16-17H,3-4,7H2,1-2H3,(H,18,19). The molecule has 0 radical (unpaired) electrons. The number of hydrogen-bond donors (Lipinski definition) is 3. The number of carboxylic acid groups (broad SMARTS) is 1. The van der Waals surface area contributed by atoms with Crippen molar-refractivity contribution in [2.24, 2.45) is 0 Å². The number of aromatic carboxylic acids is 1. The van der Waals surface area contributed by atoms with Crippen molar-refractivity contribution in [1.29, 1.82) is 0 Å². The fraction of sp³-hybridized carbons (Fsp3) is 0.462. The Balaban J connectivity index is 3.18. The summed E-state index contributed by atoms with van der Waals surface area (Å²) in [5.41, 5.74) is -1.70. The lowest BCUT2D eigenvalue weighted by atomic mass is 9.93. The molecule has 1 aromatic rings. The van der Waals surface area contributed by atoms with E-state index in [4.69, 9.17) is 5.11 Å². The van der Waals surface area contributed by atoms with E-state index in [1.165, 1.54) is 0 Å². The highest BCUT2D eigenvalue weighted by molar-refractivity contribution is 5.88.